The summed E-state index contributed by atoms with van der Waals surface area (Å²) in [5, 5.41) is 39.5. The summed E-state index contributed by atoms with van der Waals surface area (Å²) in [5.41, 5.74) is 15.7. The Morgan fingerprint density at radius 3 is 1.36 bits per heavy atom. The molecule has 0 bridgehead atoms. The minimum atomic E-state index is -1.56. The average Bonchev–Trinajstić information content (AvgIpc) is 2.99. The molecular weight excluding hydrogens is 666 g/mol. The second-order valence-corrected chi connectivity index (χ2v) is 11.8. The molecule has 0 aromatic heterocycles. The Hall–Kier alpha value is -5.50. The van der Waals surface area contributed by atoms with Crippen molar-refractivity contribution in [3.63, 3.8) is 0 Å². The lowest BCUT2D eigenvalue weighted by Gasteiger charge is -2.27. The van der Waals surface area contributed by atoms with Crippen molar-refractivity contribution >= 4 is 59.3 Å². The zero-order chi connectivity index (χ0) is 38.6. The van der Waals surface area contributed by atoms with E-state index >= 15 is 0 Å². The highest BCUT2D eigenvalue weighted by atomic mass is 16.4. The smallest absolute Gasteiger partial charge is 0.326 e. The molecule has 0 spiro atoms. The first-order valence-electron chi connectivity index (χ1n) is 15.7. The number of hydrogen-bond donors (Lipinski definition) is 11. The summed E-state index contributed by atoms with van der Waals surface area (Å²) in [6.45, 7) is 4.56. The fourth-order valence-corrected chi connectivity index (χ4v) is 4.43. The predicted octanol–water partition coefficient (Wildman–Crippen LogP) is -3.39. The molecule has 0 aliphatic heterocycles. The first kappa shape index (κ1) is 44.5. The molecule has 0 unspecified atom stereocenters. The Morgan fingerprint density at radius 2 is 0.980 bits per heavy atom. The van der Waals surface area contributed by atoms with Gasteiger partial charge < -0.3 is 59.1 Å². The summed E-state index contributed by atoms with van der Waals surface area (Å²) in [7, 11) is 0. The Bertz CT molecular complexity index is 1270. The lowest BCUT2D eigenvalue weighted by molar-refractivity contribution is -0.143. The molecule has 0 aromatic rings. The number of hydrogen-bond acceptors (Lipinski definition) is 10. The molecule has 282 valence electrons. The Balaban J connectivity index is 6.15. The number of amides is 6. The van der Waals surface area contributed by atoms with Crippen molar-refractivity contribution in [1.82, 2.24) is 26.6 Å². The number of carboxylic acids is 3. The molecule has 6 amide bonds. The Morgan fingerprint density at radius 1 is 0.580 bits per heavy atom. The van der Waals surface area contributed by atoms with Crippen LogP contribution < -0.4 is 43.8 Å². The van der Waals surface area contributed by atoms with Crippen LogP contribution in [0.3, 0.4) is 0 Å². The molecule has 5 atom stereocenters. The number of aliphatic carboxylic acids is 3. The molecule has 0 aliphatic rings. The van der Waals surface area contributed by atoms with E-state index in [-0.39, 0.29) is 56.9 Å². The fraction of sp³-hybridized carbons (Fsp3) is 0.655. The van der Waals surface area contributed by atoms with Gasteiger partial charge in [0, 0.05) is 32.7 Å². The molecule has 21 nitrogen and oxygen atoms in total. The molecule has 0 fully saturated rings. The van der Waals surface area contributed by atoms with Gasteiger partial charge in [0.05, 0.1) is 0 Å². The van der Waals surface area contributed by atoms with Crippen molar-refractivity contribution in [2.75, 3.05) is 6.54 Å². The van der Waals surface area contributed by atoms with Gasteiger partial charge in [-0.15, -0.1) is 0 Å². The molecule has 0 aliphatic carbocycles. The number of carboxylic acid groups (broad SMARTS) is 3. The van der Waals surface area contributed by atoms with Crippen LogP contribution in [0.2, 0.25) is 0 Å². The average molecular weight is 716 g/mol. The van der Waals surface area contributed by atoms with Crippen molar-refractivity contribution in [3.8, 4) is 0 Å². The summed E-state index contributed by atoms with van der Waals surface area (Å²) >= 11 is 0. The van der Waals surface area contributed by atoms with Crippen LogP contribution in [0.5, 0.6) is 0 Å². The van der Waals surface area contributed by atoms with Crippen LogP contribution in [0.25, 0.3) is 0 Å². The number of nitrogens with two attached hydrogens (primary N) is 3. The Kier molecular flexibility index (Phi) is 20.4. The minimum Gasteiger partial charge on any atom is -0.481 e. The third-order valence-electron chi connectivity index (χ3n) is 6.83. The first-order chi connectivity index (χ1) is 23.2. The van der Waals surface area contributed by atoms with Crippen LogP contribution >= 0.6 is 0 Å². The topological polar surface area (TPSA) is 365 Å². The van der Waals surface area contributed by atoms with E-state index < -0.39 is 103 Å². The van der Waals surface area contributed by atoms with Gasteiger partial charge in [0.15, 0.2) is 5.96 Å². The van der Waals surface area contributed by atoms with Gasteiger partial charge in [-0.3, -0.25) is 43.3 Å². The molecule has 0 aromatic carbocycles. The second kappa shape index (κ2) is 23.0. The van der Waals surface area contributed by atoms with Crippen molar-refractivity contribution in [2.45, 2.75) is 109 Å². The van der Waals surface area contributed by atoms with Crippen LogP contribution in [0.1, 0.15) is 78.6 Å². The van der Waals surface area contributed by atoms with Crippen molar-refractivity contribution in [3.05, 3.63) is 0 Å². The summed E-state index contributed by atoms with van der Waals surface area (Å²) in [6, 6.07) is -7.25. The molecule has 0 saturated heterocycles. The first-order valence-corrected chi connectivity index (χ1v) is 15.7. The van der Waals surface area contributed by atoms with E-state index in [1.54, 1.807) is 13.8 Å². The standard InChI is InChI=1S/C29H49N9O12/c1-14(2)13-20(38-26(47)18(8-11-23(43)44)35-24(45)16(34-15(3)39)7-10-22(41)42)27(48)36-17(6-9-21(30)40)25(46)37-19(28(49)50)5-4-12-33-29(31)32/h14,16-20H,4-13H2,1-3H3,(H2,30,40)(H,34,39)(H,35,45)(H,36,48)(H,37,46)(H,38,47)(H,41,42)(H,43,44)(H,49,50)(H4,31,32,33)/t16-,17-,18-,19-,20-/m0/s1. The zero-order valence-corrected chi connectivity index (χ0v) is 28.2. The SMILES string of the molecule is CC(=O)N[C@@H](CCC(=O)O)C(=O)N[C@@H](CCC(=O)O)C(=O)N[C@@H](CC(C)C)C(=O)N[C@@H](CCC(N)=O)C(=O)N[C@@H](CCCN=C(N)N)C(=O)O. The molecule has 0 heterocycles. The van der Waals surface area contributed by atoms with Crippen LogP contribution in [-0.4, -0.2) is 111 Å². The van der Waals surface area contributed by atoms with E-state index in [4.69, 9.17) is 22.3 Å². The quantitative estimate of drug-likeness (QED) is 0.0249. The van der Waals surface area contributed by atoms with E-state index in [0.717, 1.165) is 6.92 Å². The van der Waals surface area contributed by atoms with E-state index in [1.165, 1.54) is 0 Å². The predicted molar refractivity (Wildman–Crippen MR) is 174 cm³/mol. The van der Waals surface area contributed by atoms with Gasteiger partial charge in [-0.25, -0.2) is 4.79 Å². The third kappa shape index (κ3) is 20.0. The van der Waals surface area contributed by atoms with Gasteiger partial charge in [0.1, 0.15) is 30.2 Å². The van der Waals surface area contributed by atoms with Gasteiger partial charge in [0.2, 0.25) is 35.4 Å². The highest BCUT2D eigenvalue weighted by molar-refractivity contribution is 5.96. The maximum atomic E-state index is 13.5. The summed E-state index contributed by atoms with van der Waals surface area (Å²) in [6.07, 6.45) is -2.61. The largest absolute Gasteiger partial charge is 0.481 e. The van der Waals surface area contributed by atoms with E-state index in [0.29, 0.717) is 0 Å². The molecule has 21 heteroatoms. The summed E-state index contributed by atoms with van der Waals surface area (Å²) in [4.78, 5) is 114. The molecular formula is C29H49N9O12. The van der Waals surface area contributed by atoms with Crippen LogP contribution in [-0.2, 0) is 43.2 Å². The highest BCUT2D eigenvalue weighted by Crippen LogP contribution is 2.10. The number of rotatable bonds is 25. The van der Waals surface area contributed by atoms with Gasteiger partial charge in [-0.2, -0.15) is 0 Å². The number of carbonyl (C=O) groups excluding carboxylic acids is 6. The maximum absolute atomic E-state index is 13.5. The second-order valence-electron chi connectivity index (χ2n) is 11.8. The molecule has 50 heavy (non-hydrogen) atoms. The van der Waals surface area contributed by atoms with E-state index in [9.17, 15) is 53.4 Å². The zero-order valence-electron chi connectivity index (χ0n) is 28.2. The van der Waals surface area contributed by atoms with Gasteiger partial charge in [-0.05, 0) is 44.4 Å². The molecule has 0 rings (SSSR count). The normalized spacial score (nSPS) is 13.7. The van der Waals surface area contributed by atoms with Crippen molar-refractivity contribution < 1.29 is 58.5 Å². The van der Waals surface area contributed by atoms with Gasteiger partial charge >= 0.3 is 17.9 Å². The number of primary amides is 1. The molecule has 0 radical (unpaired) electrons. The monoisotopic (exact) mass is 715 g/mol. The third-order valence-corrected chi connectivity index (χ3v) is 6.83. The fourth-order valence-electron chi connectivity index (χ4n) is 4.43. The lowest BCUT2D eigenvalue weighted by Crippen LogP contribution is -2.59. The number of carbonyl (C=O) groups is 9. The van der Waals surface area contributed by atoms with Gasteiger partial charge in [0.25, 0.3) is 0 Å². The van der Waals surface area contributed by atoms with E-state index in [2.05, 4.69) is 31.6 Å². The lowest BCUT2D eigenvalue weighted by atomic mass is 10.0. The summed E-state index contributed by atoms with van der Waals surface area (Å²) in [5.74, 6) is -9.84. The van der Waals surface area contributed by atoms with Crippen LogP contribution in [0.4, 0.5) is 0 Å². The van der Waals surface area contributed by atoms with Crippen molar-refractivity contribution in [2.24, 2.45) is 28.1 Å². The van der Waals surface area contributed by atoms with E-state index in [1.807, 2.05) is 0 Å². The minimum absolute atomic E-state index is 0.0308. The number of aliphatic imine (C=N–C) groups is 1. The highest BCUT2D eigenvalue weighted by Gasteiger charge is 2.33. The number of guanidine groups is 1. The number of nitrogens with one attached hydrogen (secondary N) is 5. The summed E-state index contributed by atoms with van der Waals surface area (Å²) < 4.78 is 0. The van der Waals surface area contributed by atoms with Crippen molar-refractivity contribution in [1.29, 1.82) is 0 Å². The Labute approximate surface area is 287 Å². The maximum Gasteiger partial charge on any atom is 0.326 e. The van der Waals surface area contributed by atoms with Crippen LogP contribution in [0, 0.1) is 5.92 Å². The molecule has 14 N–H and O–H groups in total. The van der Waals surface area contributed by atoms with Crippen LogP contribution in [0.15, 0.2) is 4.99 Å². The van der Waals surface area contributed by atoms with Gasteiger partial charge in [-0.1, -0.05) is 13.8 Å². The molecule has 0 saturated carbocycles. The number of nitrogens with zero attached hydrogens (tertiary/aromatic N) is 1.